The quantitative estimate of drug-likeness (QED) is 0.606. The predicted octanol–water partition coefficient (Wildman–Crippen LogP) is 0.626. The van der Waals surface area contributed by atoms with Crippen LogP contribution in [-0.2, 0) is 19.6 Å². The van der Waals surface area contributed by atoms with Crippen molar-refractivity contribution in [1.82, 2.24) is 10.6 Å². The molecule has 9 nitrogen and oxygen atoms in total. The third kappa shape index (κ3) is 7.08. The maximum atomic E-state index is 11.9. The monoisotopic (exact) mass is 391 g/mol. The lowest BCUT2D eigenvalue weighted by atomic mass is 10.2. The molecule has 0 saturated carbocycles. The molecule has 0 spiro atoms. The zero-order valence-corrected chi connectivity index (χ0v) is 15.1. The van der Waals surface area contributed by atoms with Crippen molar-refractivity contribution in [3.63, 3.8) is 0 Å². The van der Waals surface area contributed by atoms with Gasteiger partial charge in [0, 0.05) is 6.54 Å². The number of halogens is 1. The molecule has 0 aromatic heterocycles. The Balaban J connectivity index is 2.65. The van der Waals surface area contributed by atoms with E-state index in [9.17, 15) is 22.8 Å². The Labute approximate surface area is 149 Å². The number of hydrogen-bond donors (Lipinski definition) is 3. The van der Waals surface area contributed by atoms with E-state index in [0.29, 0.717) is 6.54 Å². The highest BCUT2D eigenvalue weighted by atomic mass is 35.5. The first-order chi connectivity index (χ1) is 11.5. The molecule has 3 amide bonds. The van der Waals surface area contributed by atoms with E-state index in [-0.39, 0.29) is 21.4 Å². The summed E-state index contributed by atoms with van der Waals surface area (Å²) in [5.74, 6) is -1.69. The fraction of sp³-hybridized carbons (Fsp3) is 0.357. The molecule has 0 aliphatic carbocycles. The molecule has 0 fully saturated rings. The van der Waals surface area contributed by atoms with Crippen molar-refractivity contribution in [1.29, 1.82) is 0 Å². The second-order valence-corrected chi connectivity index (χ2v) is 7.38. The van der Waals surface area contributed by atoms with Gasteiger partial charge in [-0.2, -0.15) is 0 Å². The predicted molar refractivity (Wildman–Crippen MR) is 89.5 cm³/mol. The second kappa shape index (κ2) is 8.79. The van der Waals surface area contributed by atoms with E-state index in [1.54, 1.807) is 0 Å². The maximum Gasteiger partial charge on any atom is 0.340 e. The van der Waals surface area contributed by atoms with Crippen LogP contribution in [-0.4, -0.2) is 39.5 Å². The van der Waals surface area contributed by atoms with Crippen molar-refractivity contribution < 1.29 is 27.5 Å². The van der Waals surface area contributed by atoms with Crippen LogP contribution >= 0.6 is 11.6 Å². The Morgan fingerprint density at radius 1 is 1.28 bits per heavy atom. The Hall–Kier alpha value is -2.17. The number of ether oxygens (including phenoxy) is 1. The van der Waals surface area contributed by atoms with Crippen LogP contribution in [0.15, 0.2) is 23.1 Å². The smallest absolute Gasteiger partial charge is 0.340 e. The van der Waals surface area contributed by atoms with E-state index in [0.717, 1.165) is 18.2 Å². The molecule has 138 valence electrons. The van der Waals surface area contributed by atoms with Gasteiger partial charge in [-0.1, -0.05) is 25.4 Å². The highest BCUT2D eigenvalue weighted by molar-refractivity contribution is 7.89. The van der Waals surface area contributed by atoms with Crippen molar-refractivity contribution in [2.24, 2.45) is 11.1 Å². The number of primary sulfonamides is 1. The highest BCUT2D eigenvalue weighted by Gasteiger charge is 2.18. The summed E-state index contributed by atoms with van der Waals surface area (Å²) < 4.78 is 27.3. The van der Waals surface area contributed by atoms with E-state index < -0.39 is 34.5 Å². The molecule has 0 aliphatic rings. The summed E-state index contributed by atoms with van der Waals surface area (Å²) in [6.07, 6.45) is 0. The summed E-state index contributed by atoms with van der Waals surface area (Å²) in [5, 5.41) is 9.32. The summed E-state index contributed by atoms with van der Waals surface area (Å²) in [6, 6.07) is 2.51. The maximum absolute atomic E-state index is 11.9. The van der Waals surface area contributed by atoms with Crippen molar-refractivity contribution in [3.05, 3.63) is 28.8 Å². The van der Waals surface area contributed by atoms with Gasteiger partial charge in [0.05, 0.1) is 15.5 Å². The summed E-state index contributed by atoms with van der Waals surface area (Å²) in [4.78, 5) is 34.5. The Morgan fingerprint density at radius 2 is 1.92 bits per heavy atom. The molecule has 0 heterocycles. The van der Waals surface area contributed by atoms with Gasteiger partial charge in [0.1, 0.15) is 0 Å². The first-order valence-electron chi connectivity index (χ1n) is 7.08. The third-order valence-corrected chi connectivity index (χ3v) is 3.99. The molecule has 11 heteroatoms. The molecule has 1 rings (SSSR count). The number of carbonyl (C=O) groups excluding carboxylic acids is 3. The summed E-state index contributed by atoms with van der Waals surface area (Å²) >= 11 is 5.81. The Morgan fingerprint density at radius 3 is 2.48 bits per heavy atom. The first kappa shape index (κ1) is 20.9. The van der Waals surface area contributed by atoms with Gasteiger partial charge >= 0.3 is 12.0 Å². The second-order valence-electron chi connectivity index (χ2n) is 5.41. The number of carbonyl (C=O) groups is 3. The summed E-state index contributed by atoms with van der Waals surface area (Å²) in [5.41, 5.74) is -0.273. The lowest BCUT2D eigenvalue weighted by molar-refractivity contribution is -0.123. The topological polar surface area (TPSA) is 145 Å². The first-order valence-corrected chi connectivity index (χ1v) is 9.00. The number of urea groups is 1. The van der Waals surface area contributed by atoms with Gasteiger partial charge in [-0.3, -0.25) is 10.1 Å². The highest BCUT2D eigenvalue weighted by Crippen LogP contribution is 2.20. The number of benzene rings is 1. The Bertz CT molecular complexity index is 779. The van der Waals surface area contributed by atoms with Crippen LogP contribution in [0.2, 0.25) is 5.02 Å². The number of imide groups is 1. The standard InChI is InChI=1S/C14H18ClN3O6S/c1-8(2)6-17-14(21)18-12(19)7-24-13(20)10-5-9(25(16,22)23)3-4-11(10)15/h3-5,8H,6-7H2,1-2H3,(H2,16,22,23)(H2,17,18,19,21). The average Bonchev–Trinajstić information content (AvgIpc) is 2.50. The molecule has 0 aliphatic heterocycles. The number of rotatable bonds is 6. The lowest BCUT2D eigenvalue weighted by Gasteiger charge is -2.09. The van der Waals surface area contributed by atoms with Gasteiger partial charge in [0.25, 0.3) is 5.91 Å². The van der Waals surface area contributed by atoms with Crippen molar-refractivity contribution in [2.45, 2.75) is 18.7 Å². The molecule has 0 radical (unpaired) electrons. The molecule has 25 heavy (non-hydrogen) atoms. The fourth-order valence-electron chi connectivity index (χ4n) is 1.55. The normalized spacial score (nSPS) is 11.1. The molecule has 0 unspecified atom stereocenters. The molecule has 0 bridgehead atoms. The third-order valence-electron chi connectivity index (χ3n) is 2.74. The number of nitrogens with two attached hydrogens (primary N) is 1. The molecular weight excluding hydrogens is 374 g/mol. The van der Waals surface area contributed by atoms with Crippen LogP contribution in [0.4, 0.5) is 4.79 Å². The van der Waals surface area contributed by atoms with Crippen LogP contribution in [0, 0.1) is 5.92 Å². The fourth-order valence-corrected chi connectivity index (χ4v) is 2.28. The SMILES string of the molecule is CC(C)CNC(=O)NC(=O)COC(=O)c1cc(S(N)(=O)=O)ccc1Cl. The van der Waals surface area contributed by atoms with Crippen LogP contribution < -0.4 is 15.8 Å². The summed E-state index contributed by atoms with van der Waals surface area (Å²) in [6.45, 7) is 3.38. The van der Waals surface area contributed by atoms with Crippen LogP contribution in [0.5, 0.6) is 0 Å². The lowest BCUT2D eigenvalue weighted by Crippen LogP contribution is -2.42. The van der Waals surface area contributed by atoms with Crippen LogP contribution in [0.1, 0.15) is 24.2 Å². The van der Waals surface area contributed by atoms with Gasteiger partial charge in [-0.05, 0) is 24.1 Å². The van der Waals surface area contributed by atoms with E-state index >= 15 is 0 Å². The van der Waals surface area contributed by atoms with Gasteiger partial charge in [0.2, 0.25) is 10.0 Å². The van der Waals surface area contributed by atoms with Gasteiger partial charge < -0.3 is 10.1 Å². The minimum absolute atomic E-state index is 0.0764. The van der Waals surface area contributed by atoms with E-state index in [4.69, 9.17) is 21.5 Å². The minimum Gasteiger partial charge on any atom is -0.452 e. The minimum atomic E-state index is -4.03. The van der Waals surface area contributed by atoms with Crippen molar-refractivity contribution in [2.75, 3.05) is 13.2 Å². The van der Waals surface area contributed by atoms with Crippen LogP contribution in [0.25, 0.3) is 0 Å². The number of esters is 1. The van der Waals surface area contributed by atoms with Gasteiger partial charge in [-0.25, -0.2) is 23.1 Å². The molecule has 0 saturated heterocycles. The zero-order chi connectivity index (χ0) is 19.2. The van der Waals surface area contributed by atoms with Crippen molar-refractivity contribution in [3.8, 4) is 0 Å². The average molecular weight is 392 g/mol. The van der Waals surface area contributed by atoms with E-state index in [1.165, 1.54) is 0 Å². The molecule has 0 atom stereocenters. The number of sulfonamides is 1. The van der Waals surface area contributed by atoms with E-state index in [2.05, 4.69) is 5.32 Å². The number of hydrogen-bond acceptors (Lipinski definition) is 6. The molecular formula is C14H18ClN3O6S. The zero-order valence-electron chi connectivity index (χ0n) is 13.5. The Kier molecular flexibility index (Phi) is 7.34. The summed E-state index contributed by atoms with van der Waals surface area (Å²) in [7, 11) is -4.03. The van der Waals surface area contributed by atoms with Crippen molar-refractivity contribution >= 4 is 39.5 Å². The number of amides is 3. The molecule has 4 N–H and O–H groups in total. The molecule has 1 aromatic rings. The number of nitrogens with one attached hydrogen (secondary N) is 2. The van der Waals surface area contributed by atoms with E-state index in [1.807, 2.05) is 19.2 Å². The van der Waals surface area contributed by atoms with Crippen LogP contribution in [0.3, 0.4) is 0 Å². The van der Waals surface area contributed by atoms with Gasteiger partial charge in [0.15, 0.2) is 6.61 Å². The largest absolute Gasteiger partial charge is 0.452 e. The van der Waals surface area contributed by atoms with Gasteiger partial charge in [-0.15, -0.1) is 0 Å². The molecule has 1 aromatic carbocycles.